The van der Waals surface area contributed by atoms with Crippen molar-refractivity contribution in [3.05, 3.63) is 71.8 Å². The minimum atomic E-state index is -1.16. The van der Waals surface area contributed by atoms with E-state index < -0.39 is 35.9 Å². The van der Waals surface area contributed by atoms with Crippen LogP contribution in [0.5, 0.6) is 0 Å². The Morgan fingerprint density at radius 1 is 0.805 bits per heavy atom. The highest BCUT2D eigenvalue weighted by molar-refractivity contribution is 5.93. The summed E-state index contributed by atoms with van der Waals surface area (Å²) < 4.78 is 5.35. The number of amides is 3. The number of aryl methyl sites for hydroxylation is 1. The monoisotopic (exact) mass is 566 g/mol. The van der Waals surface area contributed by atoms with Gasteiger partial charge in [-0.3, -0.25) is 19.3 Å². The van der Waals surface area contributed by atoms with Crippen molar-refractivity contribution in [2.24, 2.45) is 5.92 Å². The van der Waals surface area contributed by atoms with E-state index in [2.05, 4.69) is 16.0 Å². The minimum Gasteiger partial charge on any atom is -0.480 e. The Balaban J connectivity index is 1.70. The van der Waals surface area contributed by atoms with Gasteiger partial charge in [0, 0.05) is 19.5 Å². The quantitative estimate of drug-likeness (QED) is 0.258. The number of carboxylic acids is 1. The molecule has 4 N–H and O–H groups in total. The molecule has 2 aromatic carbocycles. The highest BCUT2D eigenvalue weighted by Gasteiger charge is 2.30. The fourth-order valence-electron chi connectivity index (χ4n) is 4.72. The van der Waals surface area contributed by atoms with Crippen LogP contribution < -0.4 is 16.0 Å². The summed E-state index contributed by atoms with van der Waals surface area (Å²) >= 11 is 0. The predicted octanol–water partition coefficient (Wildman–Crippen LogP) is 1.78. The van der Waals surface area contributed by atoms with E-state index >= 15 is 0 Å². The average Bonchev–Trinajstić information content (AvgIpc) is 2.95. The summed E-state index contributed by atoms with van der Waals surface area (Å²) in [5.74, 6) is -2.45. The largest absolute Gasteiger partial charge is 0.480 e. The molecule has 10 nitrogen and oxygen atoms in total. The number of nitrogens with zero attached hydrogens (tertiary/aromatic N) is 1. The van der Waals surface area contributed by atoms with Gasteiger partial charge in [0.1, 0.15) is 18.1 Å². The number of rotatable bonds is 15. The smallest absolute Gasteiger partial charge is 0.326 e. The van der Waals surface area contributed by atoms with Gasteiger partial charge in [-0.05, 0) is 36.3 Å². The fraction of sp³-hybridized carbons (Fsp3) is 0.484. The summed E-state index contributed by atoms with van der Waals surface area (Å²) in [4.78, 5) is 53.7. The van der Waals surface area contributed by atoms with Gasteiger partial charge in [0.25, 0.3) is 0 Å². The van der Waals surface area contributed by atoms with E-state index in [1.165, 1.54) is 0 Å². The Hall–Kier alpha value is -3.76. The Bertz CT molecular complexity index is 1120. The summed E-state index contributed by atoms with van der Waals surface area (Å²) in [5, 5.41) is 18.1. The van der Waals surface area contributed by atoms with Crippen LogP contribution in [0.25, 0.3) is 0 Å². The molecule has 1 saturated heterocycles. The van der Waals surface area contributed by atoms with Crippen LogP contribution in [0.4, 0.5) is 0 Å². The van der Waals surface area contributed by atoms with E-state index in [-0.39, 0.29) is 24.8 Å². The first-order chi connectivity index (χ1) is 19.7. The maximum atomic E-state index is 13.5. The van der Waals surface area contributed by atoms with E-state index in [1.54, 1.807) is 24.3 Å². The van der Waals surface area contributed by atoms with Crippen LogP contribution in [-0.2, 0) is 36.8 Å². The molecule has 2 aromatic rings. The number of morpholine rings is 1. The van der Waals surface area contributed by atoms with Crippen LogP contribution in [0, 0.1) is 5.92 Å². The number of carboxylic acid groups (broad SMARTS) is 1. The van der Waals surface area contributed by atoms with Crippen molar-refractivity contribution in [2.45, 2.75) is 57.7 Å². The SMILES string of the molecule is CC(C)C[C@H](NC(=O)[C@H](CCc1ccccc1)NC(=O)CN1CCOCC1)C(=O)N[C@H](Cc1ccccc1)C(=O)O. The highest BCUT2D eigenvalue weighted by Crippen LogP contribution is 2.11. The molecular weight excluding hydrogens is 524 g/mol. The molecule has 1 aliphatic rings. The number of hydrogen-bond acceptors (Lipinski definition) is 6. The molecule has 1 aliphatic heterocycles. The van der Waals surface area contributed by atoms with Crippen molar-refractivity contribution in [3.63, 3.8) is 0 Å². The van der Waals surface area contributed by atoms with E-state index in [0.717, 1.165) is 11.1 Å². The molecule has 0 aromatic heterocycles. The van der Waals surface area contributed by atoms with Gasteiger partial charge < -0.3 is 25.8 Å². The van der Waals surface area contributed by atoms with Gasteiger partial charge >= 0.3 is 5.97 Å². The molecule has 41 heavy (non-hydrogen) atoms. The summed E-state index contributed by atoms with van der Waals surface area (Å²) in [7, 11) is 0. The summed E-state index contributed by atoms with van der Waals surface area (Å²) in [6, 6.07) is 15.7. The van der Waals surface area contributed by atoms with Crippen LogP contribution in [0.15, 0.2) is 60.7 Å². The molecule has 3 atom stereocenters. The molecule has 0 aliphatic carbocycles. The first-order valence-electron chi connectivity index (χ1n) is 14.2. The van der Waals surface area contributed by atoms with Gasteiger partial charge in [-0.1, -0.05) is 74.5 Å². The normalized spacial score (nSPS) is 15.9. The molecule has 3 rings (SSSR count). The third-order valence-electron chi connectivity index (χ3n) is 6.92. The summed E-state index contributed by atoms with van der Waals surface area (Å²) in [6.07, 6.45) is 1.31. The molecule has 222 valence electrons. The number of hydrogen-bond donors (Lipinski definition) is 4. The zero-order valence-electron chi connectivity index (χ0n) is 23.9. The Morgan fingerprint density at radius 3 is 1.95 bits per heavy atom. The van der Waals surface area contributed by atoms with Gasteiger partial charge in [0.05, 0.1) is 19.8 Å². The lowest BCUT2D eigenvalue weighted by Gasteiger charge is -2.28. The number of aliphatic carboxylic acids is 1. The average molecular weight is 567 g/mol. The van der Waals surface area contributed by atoms with Crippen LogP contribution in [0.3, 0.4) is 0 Å². The molecule has 0 saturated carbocycles. The van der Waals surface area contributed by atoms with Gasteiger partial charge in [-0.25, -0.2) is 4.79 Å². The van der Waals surface area contributed by atoms with Crippen LogP contribution in [-0.4, -0.2) is 84.7 Å². The molecule has 0 spiro atoms. The number of ether oxygens (including phenoxy) is 1. The van der Waals surface area contributed by atoms with Crippen molar-refractivity contribution in [2.75, 3.05) is 32.8 Å². The van der Waals surface area contributed by atoms with E-state index in [4.69, 9.17) is 4.74 Å². The van der Waals surface area contributed by atoms with Crippen molar-refractivity contribution in [1.29, 1.82) is 0 Å². The number of carbonyl (C=O) groups is 4. The second-order valence-electron chi connectivity index (χ2n) is 10.8. The first kappa shape index (κ1) is 31.8. The predicted molar refractivity (Wildman–Crippen MR) is 155 cm³/mol. The van der Waals surface area contributed by atoms with Crippen molar-refractivity contribution in [1.82, 2.24) is 20.9 Å². The molecule has 0 bridgehead atoms. The van der Waals surface area contributed by atoms with E-state index in [0.29, 0.717) is 45.6 Å². The zero-order chi connectivity index (χ0) is 29.6. The third-order valence-corrected chi connectivity index (χ3v) is 6.92. The lowest BCUT2D eigenvalue weighted by Crippen LogP contribution is -2.57. The van der Waals surface area contributed by atoms with Crippen molar-refractivity contribution >= 4 is 23.7 Å². The van der Waals surface area contributed by atoms with E-state index in [9.17, 15) is 24.3 Å². The lowest BCUT2D eigenvalue weighted by molar-refractivity contribution is -0.142. The second-order valence-corrected chi connectivity index (χ2v) is 10.8. The topological polar surface area (TPSA) is 137 Å². The number of nitrogens with one attached hydrogen (secondary N) is 3. The Kier molecular flexibility index (Phi) is 12.8. The molecule has 1 fully saturated rings. The summed E-state index contributed by atoms with van der Waals surface area (Å²) in [6.45, 7) is 6.37. The van der Waals surface area contributed by atoms with Crippen LogP contribution in [0.1, 0.15) is 37.8 Å². The summed E-state index contributed by atoms with van der Waals surface area (Å²) in [5.41, 5.74) is 1.79. The molecule has 0 unspecified atom stereocenters. The van der Waals surface area contributed by atoms with Gasteiger partial charge in [0.2, 0.25) is 17.7 Å². The molecule has 10 heteroatoms. The fourth-order valence-corrected chi connectivity index (χ4v) is 4.72. The molecule has 0 radical (unpaired) electrons. The maximum absolute atomic E-state index is 13.5. The van der Waals surface area contributed by atoms with Crippen molar-refractivity contribution < 1.29 is 29.0 Å². The first-order valence-corrected chi connectivity index (χ1v) is 14.2. The van der Waals surface area contributed by atoms with Crippen LogP contribution in [0.2, 0.25) is 0 Å². The maximum Gasteiger partial charge on any atom is 0.326 e. The number of benzene rings is 2. The third kappa shape index (κ3) is 11.3. The Labute approximate surface area is 241 Å². The second kappa shape index (κ2) is 16.5. The highest BCUT2D eigenvalue weighted by atomic mass is 16.5. The van der Waals surface area contributed by atoms with E-state index in [1.807, 2.05) is 55.1 Å². The van der Waals surface area contributed by atoms with Crippen molar-refractivity contribution in [3.8, 4) is 0 Å². The lowest BCUT2D eigenvalue weighted by atomic mass is 10.00. The Morgan fingerprint density at radius 2 is 1.37 bits per heavy atom. The number of carbonyl (C=O) groups excluding carboxylic acids is 3. The van der Waals surface area contributed by atoms with Gasteiger partial charge in [0.15, 0.2) is 0 Å². The van der Waals surface area contributed by atoms with Gasteiger partial charge in [-0.15, -0.1) is 0 Å². The van der Waals surface area contributed by atoms with Crippen LogP contribution >= 0.6 is 0 Å². The molecule has 1 heterocycles. The standard InChI is InChI=1S/C31H42N4O6/c1-22(2)19-26(30(38)34-27(31(39)40)20-24-11-7-4-8-12-24)33-29(37)25(14-13-23-9-5-3-6-10-23)32-28(36)21-35-15-17-41-18-16-35/h3-12,22,25-27H,13-21H2,1-2H3,(H,32,36)(H,33,37)(H,34,38)(H,39,40)/t25-,26-,27+/m0/s1. The minimum absolute atomic E-state index is 0.0436. The molecule has 3 amide bonds. The molecular formula is C31H42N4O6. The zero-order valence-corrected chi connectivity index (χ0v) is 23.9. The van der Waals surface area contributed by atoms with Gasteiger partial charge in [-0.2, -0.15) is 0 Å².